The van der Waals surface area contributed by atoms with E-state index in [1.54, 1.807) is 38.4 Å². The summed E-state index contributed by atoms with van der Waals surface area (Å²) in [5.41, 5.74) is -0.491. The number of nitrogens with one attached hydrogen (secondary N) is 1. The maximum Gasteiger partial charge on any atom is 0.329 e. The lowest BCUT2D eigenvalue weighted by Gasteiger charge is -2.28. The zero-order valence-electron chi connectivity index (χ0n) is 12.3. The first-order valence-corrected chi connectivity index (χ1v) is 6.92. The number of hydrogen-bond donors (Lipinski definition) is 2. The van der Waals surface area contributed by atoms with Crippen LogP contribution < -0.4 is 15.0 Å². The van der Waals surface area contributed by atoms with Gasteiger partial charge in [-0.25, -0.2) is 9.59 Å². The Bertz CT molecular complexity index is 538. The molecule has 0 radical (unpaired) electrons. The molecule has 1 fully saturated rings. The van der Waals surface area contributed by atoms with E-state index in [1.807, 2.05) is 0 Å². The van der Waals surface area contributed by atoms with Crippen LogP contribution >= 0.6 is 0 Å². The van der Waals surface area contributed by atoms with Crippen molar-refractivity contribution in [3.05, 3.63) is 24.3 Å². The van der Waals surface area contributed by atoms with Gasteiger partial charge >= 0.3 is 12.0 Å². The summed E-state index contributed by atoms with van der Waals surface area (Å²) in [6, 6.07) is 6.63. The summed E-state index contributed by atoms with van der Waals surface area (Å²) in [5, 5.41) is 12.1. The van der Waals surface area contributed by atoms with Gasteiger partial charge in [-0.15, -0.1) is 0 Å². The van der Waals surface area contributed by atoms with Crippen LogP contribution in [0.2, 0.25) is 0 Å². The highest BCUT2D eigenvalue weighted by Crippen LogP contribution is 2.30. The van der Waals surface area contributed by atoms with Crippen LogP contribution in [-0.4, -0.2) is 36.8 Å². The number of hydrogen-bond acceptors (Lipinski definition) is 3. The Morgan fingerprint density at radius 3 is 2.57 bits per heavy atom. The molecule has 0 unspecified atom stereocenters. The van der Waals surface area contributed by atoms with Gasteiger partial charge in [-0.2, -0.15) is 0 Å². The maximum atomic E-state index is 12.3. The van der Waals surface area contributed by atoms with Crippen LogP contribution in [0.3, 0.4) is 0 Å². The van der Waals surface area contributed by atoms with E-state index in [9.17, 15) is 14.7 Å². The first-order chi connectivity index (χ1) is 9.98. The summed E-state index contributed by atoms with van der Waals surface area (Å²) >= 11 is 0. The lowest BCUT2D eigenvalue weighted by atomic mass is 9.98. The van der Waals surface area contributed by atoms with Gasteiger partial charge in [0, 0.05) is 18.8 Å². The van der Waals surface area contributed by atoms with E-state index in [1.165, 1.54) is 4.90 Å². The van der Waals surface area contributed by atoms with Gasteiger partial charge in [-0.3, -0.25) is 4.90 Å². The molecule has 0 aromatic heterocycles. The molecule has 1 aromatic carbocycles. The molecule has 2 amide bonds. The van der Waals surface area contributed by atoms with Gasteiger partial charge in [0.15, 0.2) is 0 Å². The first kappa shape index (κ1) is 15.2. The Balaban J connectivity index is 2.13. The Morgan fingerprint density at radius 2 is 2.00 bits per heavy atom. The Kier molecular flexibility index (Phi) is 4.35. The van der Waals surface area contributed by atoms with Crippen molar-refractivity contribution in [1.82, 2.24) is 5.32 Å². The summed E-state index contributed by atoms with van der Waals surface area (Å²) in [7, 11) is 3.16. The number of methoxy groups -OCH3 is 1. The fourth-order valence-corrected chi connectivity index (χ4v) is 2.60. The quantitative estimate of drug-likeness (QED) is 0.892. The molecular weight excluding hydrogens is 272 g/mol. The van der Waals surface area contributed by atoms with E-state index < -0.39 is 17.5 Å². The largest absolute Gasteiger partial charge is 0.497 e. The molecule has 6 heteroatoms. The van der Waals surface area contributed by atoms with Crippen LogP contribution in [0.5, 0.6) is 5.75 Å². The minimum Gasteiger partial charge on any atom is -0.497 e. The zero-order chi connectivity index (χ0) is 15.5. The van der Waals surface area contributed by atoms with Crippen molar-refractivity contribution in [2.24, 2.45) is 0 Å². The number of urea groups is 1. The van der Waals surface area contributed by atoms with Crippen molar-refractivity contribution in [2.45, 2.75) is 31.2 Å². The number of carbonyl (C=O) groups is 2. The van der Waals surface area contributed by atoms with Crippen LogP contribution in [0.1, 0.15) is 25.7 Å². The average Bonchev–Trinajstić information content (AvgIpc) is 2.96. The Labute approximate surface area is 123 Å². The third-order valence-electron chi connectivity index (χ3n) is 3.96. The number of ether oxygens (including phenoxy) is 1. The fraction of sp³-hybridized carbons (Fsp3) is 0.467. The van der Waals surface area contributed by atoms with Gasteiger partial charge in [-0.05, 0) is 25.0 Å². The molecule has 6 nitrogen and oxygen atoms in total. The van der Waals surface area contributed by atoms with E-state index in [0.717, 1.165) is 12.8 Å². The molecule has 0 atom stereocenters. The first-order valence-electron chi connectivity index (χ1n) is 6.92. The second-order valence-corrected chi connectivity index (χ2v) is 5.29. The fourth-order valence-electron chi connectivity index (χ4n) is 2.60. The monoisotopic (exact) mass is 292 g/mol. The molecule has 0 spiro atoms. The van der Waals surface area contributed by atoms with Gasteiger partial charge in [0.25, 0.3) is 0 Å². The molecule has 0 bridgehead atoms. The molecule has 114 valence electrons. The predicted octanol–water partition coefficient (Wildman–Crippen LogP) is 2.24. The van der Waals surface area contributed by atoms with Crippen molar-refractivity contribution in [2.75, 3.05) is 19.1 Å². The van der Waals surface area contributed by atoms with E-state index in [0.29, 0.717) is 24.3 Å². The molecule has 21 heavy (non-hydrogen) atoms. The number of benzene rings is 1. The van der Waals surface area contributed by atoms with Gasteiger partial charge in [0.1, 0.15) is 11.3 Å². The molecule has 2 rings (SSSR count). The number of anilines is 1. The molecule has 0 heterocycles. The second kappa shape index (κ2) is 6.03. The van der Waals surface area contributed by atoms with Crippen LogP contribution in [-0.2, 0) is 4.79 Å². The zero-order valence-corrected chi connectivity index (χ0v) is 12.3. The minimum absolute atomic E-state index is 0.424. The molecular formula is C15H20N2O4. The lowest BCUT2D eigenvalue weighted by molar-refractivity contribution is -0.144. The average molecular weight is 292 g/mol. The number of nitrogens with zero attached hydrogens (tertiary/aromatic N) is 1. The number of aliphatic carboxylic acids is 1. The summed E-state index contributed by atoms with van der Waals surface area (Å²) in [6.45, 7) is 0. The molecule has 1 aliphatic carbocycles. The van der Waals surface area contributed by atoms with Gasteiger partial charge in [-0.1, -0.05) is 18.9 Å². The van der Waals surface area contributed by atoms with Crippen LogP contribution in [0.15, 0.2) is 24.3 Å². The third kappa shape index (κ3) is 3.09. The summed E-state index contributed by atoms with van der Waals surface area (Å²) < 4.78 is 5.12. The number of carboxylic acids is 1. The molecule has 0 saturated heterocycles. The topological polar surface area (TPSA) is 78.9 Å². The van der Waals surface area contributed by atoms with Crippen molar-refractivity contribution < 1.29 is 19.4 Å². The van der Waals surface area contributed by atoms with Crippen molar-refractivity contribution >= 4 is 17.7 Å². The highest BCUT2D eigenvalue weighted by atomic mass is 16.5. The van der Waals surface area contributed by atoms with E-state index in [2.05, 4.69) is 5.32 Å². The SMILES string of the molecule is COc1cccc(N(C)C(=O)NC2(C(=O)O)CCCC2)c1. The molecule has 2 N–H and O–H groups in total. The van der Waals surface area contributed by atoms with Gasteiger partial charge in [0.2, 0.25) is 0 Å². The standard InChI is InChI=1S/C15H20N2O4/c1-17(11-6-5-7-12(10-11)21-2)14(20)16-15(13(18)19)8-3-4-9-15/h5-7,10H,3-4,8-9H2,1-2H3,(H,16,20)(H,18,19). The summed E-state index contributed by atoms with van der Waals surface area (Å²) in [4.78, 5) is 25.2. The van der Waals surface area contributed by atoms with Crippen molar-refractivity contribution in [3.8, 4) is 5.75 Å². The highest BCUT2D eigenvalue weighted by molar-refractivity contribution is 5.95. The number of carboxylic acid groups (broad SMARTS) is 1. The van der Waals surface area contributed by atoms with Crippen LogP contribution in [0.25, 0.3) is 0 Å². The number of carbonyl (C=O) groups excluding carboxylic acids is 1. The third-order valence-corrected chi connectivity index (χ3v) is 3.96. The Morgan fingerprint density at radius 1 is 1.33 bits per heavy atom. The highest BCUT2D eigenvalue weighted by Gasteiger charge is 2.43. The maximum absolute atomic E-state index is 12.3. The molecule has 1 aliphatic rings. The van der Waals surface area contributed by atoms with Crippen molar-refractivity contribution in [3.63, 3.8) is 0 Å². The van der Waals surface area contributed by atoms with Crippen molar-refractivity contribution in [1.29, 1.82) is 0 Å². The number of amides is 2. The van der Waals surface area contributed by atoms with E-state index in [-0.39, 0.29) is 0 Å². The lowest BCUT2D eigenvalue weighted by Crippen LogP contribution is -2.55. The summed E-state index contributed by atoms with van der Waals surface area (Å²) in [6.07, 6.45) is 2.57. The Hall–Kier alpha value is -2.24. The van der Waals surface area contributed by atoms with Gasteiger partial charge in [0.05, 0.1) is 7.11 Å². The minimum atomic E-state index is -1.13. The number of rotatable bonds is 4. The molecule has 0 aliphatic heterocycles. The van der Waals surface area contributed by atoms with Crippen LogP contribution in [0, 0.1) is 0 Å². The molecule has 1 saturated carbocycles. The van der Waals surface area contributed by atoms with Gasteiger partial charge < -0.3 is 15.2 Å². The normalized spacial score (nSPS) is 16.3. The smallest absolute Gasteiger partial charge is 0.329 e. The van der Waals surface area contributed by atoms with E-state index >= 15 is 0 Å². The molecule has 1 aromatic rings. The van der Waals surface area contributed by atoms with E-state index in [4.69, 9.17) is 4.74 Å². The summed E-state index contributed by atoms with van der Waals surface area (Å²) in [5.74, 6) is -0.326. The predicted molar refractivity (Wildman–Crippen MR) is 78.8 cm³/mol. The second-order valence-electron chi connectivity index (χ2n) is 5.29. The van der Waals surface area contributed by atoms with Crippen LogP contribution in [0.4, 0.5) is 10.5 Å².